The molecule has 0 fully saturated rings. The number of amides is 1. The van der Waals surface area contributed by atoms with Crippen LogP contribution in [-0.2, 0) is 4.79 Å². The summed E-state index contributed by atoms with van der Waals surface area (Å²) in [7, 11) is 0. The molecule has 3 aromatic carbocycles. The maximum atomic E-state index is 13.3. The van der Waals surface area contributed by atoms with Crippen molar-refractivity contribution in [3.8, 4) is 11.5 Å². The lowest BCUT2D eigenvalue weighted by Crippen LogP contribution is -2.31. The van der Waals surface area contributed by atoms with Crippen molar-refractivity contribution in [1.29, 1.82) is 0 Å². The first-order valence-corrected chi connectivity index (χ1v) is 11.9. The Labute approximate surface area is 211 Å². The molecule has 1 atom stereocenters. The van der Waals surface area contributed by atoms with Crippen LogP contribution >= 0.6 is 27.5 Å². The van der Waals surface area contributed by atoms with Crippen LogP contribution in [0, 0.1) is 0 Å². The van der Waals surface area contributed by atoms with Crippen molar-refractivity contribution >= 4 is 45.4 Å². The predicted octanol–water partition coefficient (Wildman–Crippen LogP) is 6.07. The molecule has 3 aromatic rings. The second-order valence-corrected chi connectivity index (χ2v) is 8.96. The molecule has 1 aliphatic rings. The number of benzene rings is 3. The van der Waals surface area contributed by atoms with Gasteiger partial charge in [0.05, 0.1) is 18.4 Å². The van der Waals surface area contributed by atoms with E-state index in [0.717, 1.165) is 27.6 Å². The number of carbonyl (C=O) groups excluding carboxylic acids is 2. The quantitative estimate of drug-likeness (QED) is 0.325. The zero-order valence-corrected chi connectivity index (χ0v) is 20.8. The van der Waals surface area contributed by atoms with Crippen LogP contribution in [0.1, 0.15) is 40.9 Å². The molecule has 0 N–H and O–H groups in total. The molecule has 0 aliphatic carbocycles. The monoisotopic (exact) mass is 540 g/mol. The molecule has 34 heavy (non-hydrogen) atoms. The van der Waals surface area contributed by atoms with Gasteiger partial charge in [0.1, 0.15) is 6.29 Å². The summed E-state index contributed by atoms with van der Waals surface area (Å²) in [5.41, 5.74) is 3.15. The Bertz CT molecular complexity index is 1210. The zero-order valence-electron chi connectivity index (χ0n) is 18.4. The second kappa shape index (κ2) is 10.8. The van der Waals surface area contributed by atoms with Gasteiger partial charge in [-0.15, -0.1) is 0 Å². The number of rotatable bonds is 8. The van der Waals surface area contributed by atoms with E-state index in [1.54, 1.807) is 30.3 Å². The number of hydrogen-bond donors (Lipinski definition) is 0. The third-order valence-electron chi connectivity index (χ3n) is 5.35. The van der Waals surface area contributed by atoms with Crippen LogP contribution in [0.15, 0.2) is 76.3 Å². The van der Waals surface area contributed by atoms with E-state index >= 15 is 0 Å². The molecule has 8 heteroatoms. The van der Waals surface area contributed by atoms with Gasteiger partial charge in [0.2, 0.25) is 0 Å². The first-order chi connectivity index (χ1) is 16.5. The molecule has 0 radical (unpaired) electrons. The minimum absolute atomic E-state index is 0.234. The summed E-state index contributed by atoms with van der Waals surface area (Å²) in [6.07, 6.45) is 1.30. The number of ether oxygens (including phenoxy) is 2. The minimum Gasteiger partial charge on any atom is -0.490 e. The third-order valence-corrected chi connectivity index (χ3v) is 6.13. The molecule has 0 saturated heterocycles. The van der Waals surface area contributed by atoms with Gasteiger partial charge in [-0.3, -0.25) is 9.59 Å². The molecule has 1 aliphatic heterocycles. The topological polar surface area (TPSA) is 68.2 Å². The summed E-state index contributed by atoms with van der Waals surface area (Å²) in [6, 6.07) is 19.8. The van der Waals surface area contributed by atoms with Gasteiger partial charge >= 0.3 is 0 Å². The molecule has 174 valence electrons. The third kappa shape index (κ3) is 5.48. The Balaban J connectivity index is 1.58. The molecule has 1 heterocycles. The molecule has 1 amide bonds. The van der Waals surface area contributed by atoms with Crippen molar-refractivity contribution in [2.24, 2.45) is 5.10 Å². The molecule has 4 rings (SSSR count). The largest absolute Gasteiger partial charge is 0.490 e. The summed E-state index contributed by atoms with van der Waals surface area (Å²) in [4.78, 5) is 24.3. The maximum Gasteiger partial charge on any atom is 0.281 e. The van der Waals surface area contributed by atoms with Crippen LogP contribution in [0.2, 0.25) is 5.02 Å². The van der Waals surface area contributed by atoms with Gasteiger partial charge in [0.25, 0.3) is 5.91 Å². The summed E-state index contributed by atoms with van der Waals surface area (Å²) < 4.78 is 12.3. The van der Waals surface area contributed by atoms with Crippen molar-refractivity contribution in [1.82, 2.24) is 5.01 Å². The van der Waals surface area contributed by atoms with E-state index in [9.17, 15) is 9.59 Å². The summed E-state index contributed by atoms with van der Waals surface area (Å²) in [5, 5.41) is 6.76. The van der Waals surface area contributed by atoms with Crippen molar-refractivity contribution < 1.29 is 19.1 Å². The average molecular weight is 542 g/mol. The Hall–Kier alpha value is -3.16. The number of hydrogen-bond acceptors (Lipinski definition) is 5. The van der Waals surface area contributed by atoms with Crippen LogP contribution in [0.25, 0.3) is 0 Å². The Morgan fingerprint density at radius 2 is 1.82 bits per heavy atom. The first-order valence-electron chi connectivity index (χ1n) is 10.7. The summed E-state index contributed by atoms with van der Waals surface area (Å²) >= 11 is 9.52. The fourth-order valence-corrected chi connectivity index (χ4v) is 4.08. The lowest BCUT2D eigenvalue weighted by atomic mass is 9.98. The normalized spacial score (nSPS) is 15.1. The van der Waals surface area contributed by atoms with Crippen LogP contribution < -0.4 is 9.47 Å². The van der Waals surface area contributed by atoms with E-state index in [1.807, 2.05) is 43.3 Å². The molecule has 6 nitrogen and oxygen atoms in total. The van der Waals surface area contributed by atoms with Gasteiger partial charge in [-0.1, -0.05) is 51.8 Å². The standard InChI is InChI=1S/C26H22BrClN2O4/c1-2-33-25-13-17(15-31)3-12-24(25)34-16-26(32)30-23(19-6-10-21(28)11-7-19)14-22(29-30)18-4-8-20(27)9-5-18/h3-13,15,23H,2,14,16H2,1H3. The highest BCUT2D eigenvalue weighted by Crippen LogP contribution is 2.34. The van der Waals surface area contributed by atoms with Gasteiger partial charge < -0.3 is 9.47 Å². The van der Waals surface area contributed by atoms with E-state index in [0.29, 0.717) is 35.1 Å². The van der Waals surface area contributed by atoms with E-state index in [1.165, 1.54) is 5.01 Å². The number of nitrogens with zero attached hydrogens (tertiary/aromatic N) is 2. The van der Waals surface area contributed by atoms with E-state index in [4.69, 9.17) is 21.1 Å². The van der Waals surface area contributed by atoms with Crippen LogP contribution in [-0.4, -0.2) is 36.1 Å². The van der Waals surface area contributed by atoms with Crippen molar-refractivity contribution in [3.05, 3.63) is 92.9 Å². The molecule has 0 aromatic heterocycles. The highest BCUT2D eigenvalue weighted by atomic mass is 79.9. The van der Waals surface area contributed by atoms with Crippen molar-refractivity contribution in [3.63, 3.8) is 0 Å². The number of aldehydes is 1. The first kappa shape index (κ1) is 24.0. The maximum absolute atomic E-state index is 13.3. The molecular weight excluding hydrogens is 520 g/mol. The minimum atomic E-state index is -0.297. The van der Waals surface area contributed by atoms with Gasteiger partial charge in [0.15, 0.2) is 18.1 Å². The van der Waals surface area contributed by atoms with E-state index < -0.39 is 0 Å². The molecule has 1 unspecified atom stereocenters. The molecule has 0 spiro atoms. The Kier molecular flexibility index (Phi) is 7.65. The fraction of sp³-hybridized carbons (Fsp3) is 0.192. The number of hydrazone groups is 1. The van der Waals surface area contributed by atoms with Crippen molar-refractivity contribution in [2.45, 2.75) is 19.4 Å². The summed E-state index contributed by atoms with van der Waals surface area (Å²) in [6.45, 7) is 2.00. The van der Waals surface area contributed by atoms with Crippen LogP contribution in [0.3, 0.4) is 0 Å². The SMILES string of the molecule is CCOc1cc(C=O)ccc1OCC(=O)N1N=C(c2ccc(Br)cc2)CC1c1ccc(Cl)cc1. The van der Waals surface area contributed by atoms with Crippen molar-refractivity contribution in [2.75, 3.05) is 13.2 Å². The Morgan fingerprint density at radius 1 is 1.09 bits per heavy atom. The number of carbonyl (C=O) groups is 2. The highest BCUT2D eigenvalue weighted by Gasteiger charge is 2.33. The Morgan fingerprint density at radius 3 is 2.50 bits per heavy atom. The van der Waals surface area contributed by atoms with E-state index in [2.05, 4.69) is 21.0 Å². The van der Waals surface area contributed by atoms with Gasteiger partial charge in [-0.05, 0) is 60.5 Å². The fourth-order valence-electron chi connectivity index (χ4n) is 3.69. The summed E-state index contributed by atoms with van der Waals surface area (Å²) in [5.74, 6) is 0.503. The van der Waals surface area contributed by atoms with Gasteiger partial charge in [0, 0.05) is 21.5 Å². The van der Waals surface area contributed by atoms with Crippen LogP contribution in [0.4, 0.5) is 0 Å². The zero-order chi connectivity index (χ0) is 24.1. The molecule has 0 bridgehead atoms. The highest BCUT2D eigenvalue weighted by molar-refractivity contribution is 9.10. The lowest BCUT2D eigenvalue weighted by molar-refractivity contribution is -0.135. The number of halogens is 2. The molecule has 0 saturated carbocycles. The lowest BCUT2D eigenvalue weighted by Gasteiger charge is -2.22. The smallest absolute Gasteiger partial charge is 0.281 e. The van der Waals surface area contributed by atoms with Crippen LogP contribution in [0.5, 0.6) is 11.5 Å². The van der Waals surface area contributed by atoms with E-state index in [-0.39, 0.29) is 18.6 Å². The van der Waals surface area contributed by atoms with Gasteiger partial charge in [-0.2, -0.15) is 5.10 Å². The average Bonchev–Trinajstić information content (AvgIpc) is 3.29. The molecular formula is C26H22BrClN2O4. The predicted molar refractivity (Wildman–Crippen MR) is 135 cm³/mol. The van der Waals surface area contributed by atoms with Gasteiger partial charge in [-0.25, -0.2) is 5.01 Å². The second-order valence-electron chi connectivity index (χ2n) is 7.61.